The Labute approximate surface area is 117 Å². The van der Waals surface area contributed by atoms with Crippen LogP contribution in [0.3, 0.4) is 0 Å². The van der Waals surface area contributed by atoms with Gasteiger partial charge in [0, 0.05) is 36.4 Å². The Hall–Kier alpha value is -1.18. The van der Waals surface area contributed by atoms with E-state index in [2.05, 4.69) is 42.3 Å². The van der Waals surface area contributed by atoms with Crippen molar-refractivity contribution in [1.29, 1.82) is 0 Å². The highest BCUT2D eigenvalue weighted by atomic mass is 15.2. The SMILES string of the molecule is CCCC1(CCC)CN(c2ccc3c(c2)CCN3)C1. The van der Waals surface area contributed by atoms with Gasteiger partial charge in [-0.05, 0) is 43.0 Å². The molecule has 0 spiro atoms. The number of benzene rings is 1. The molecule has 0 amide bonds. The average Bonchev–Trinajstić information content (AvgIpc) is 2.82. The van der Waals surface area contributed by atoms with E-state index in [4.69, 9.17) is 0 Å². The van der Waals surface area contributed by atoms with E-state index in [0.29, 0.717) is 5.41 Å². The first-order valence-corrected chi connectivity index (χ1v) is 7.88. The fourth-order valence-corrected chi connectivity index (χ4v) is 3.94. The van der Waals surface area contributed by atoms with Crippen LogP contribution in [0.15, 0.2) is 18.2 Å². The first-order chi connectivity index (χ1) is 9.26. The molecule has 0 aromatic heterocycles. The van der Waals surface area contributed by atoms with Crippen molar-refractivity contribution < 1.29 is 0 Å². The highest BCUT2D eigenvalue weighted by Gasteiger charge is 2.41. The maximum absolute atomic E-state index is 3.44. The number of hydrogen-bond acceptors (Lipinski definition) is 2. The Kier molecular flexibility index (Phi) is 3.42. The molecule has 0 radical (unpaired) electrons. The molecule has 104 valence electrons. The Morgan fingerprint density at radius 1 is 1.16 bits per heavy atom. The highest BCUT2D eigenvalue weighted by Crippen LogP contribution is 2.42. The van der Waals surface area contributed by atoms with Crippen molar-refractivity contribution in [3.63, 3.8) is 0 Å². The zero-order valence-corrected chi connectivity index (χ0v) is 12.3. The topological polar surface area (TPSA) is 15.3 Å². The van der Waals surface area contributed by atoms with Gasteiger partial charge in [-0.3, -0.25) is 0 Å². The van der Waals surface area contributed by atoms with Crippen LogP contribution in [0.25, 0.3) is 0 Å². The Balaban J connectivity index is 1.69. The minimum absolute atomic E-state index is 0.612. The first kappa shape index (κ1) is 12.8. The summed E-state index contributed by atoms with van der Waals surface area (Å²) in [7, 11) is 0. The molecule has 1 saturated heterocycles. The van der Waals surface area contributed by atoms with E-state index in [0.717, 1.165) is 6.54 Å². The molecule has 1 aromatic carbocycles. The lowest BCUT2D eigenvalue weighted by atomic mass is 9.72. The van der Waals surface area contributed by atoms with Crippen molar-refractivity contribution in [2.75, 3.05) is 29.9 Å². The molecule has 1 N–H and O–H groups in total. The minimum Gasteiger partial charge on any atom is -0.384 e. The Morgan fingerprint density at radius 3 is 2.58 bits per heavy atom. The van der Waals surface area contributed by atoms with Gasteiger partial charge < -0.3 is 10.2 Å². The molecule has 19 heavy (non-hydrogen) atoms. The summed E-state index contributed by atoms with van der Waals surface area (Å²) < 4.78 is 0. The summed E-state index contributed by atoms with van der Waals surface area (Å²) in [5, 5.41) is 3.44. The lowest BCUT2D eigenvalue weighted by Gasteiger charge is -2.52. The van der Waals surface area contributed by atoms with Crippen LogP contribution >= 0.6 is 0 Å². The van der Waals surface area contributed by atoms with Crippen LogP contribution in [0.2, 0.25) is 0 Å². The van der Waals surface area contributed by atoms with Crippen molar-refractivity contribution in [2.45, 2.75) is 46.0 Å². The number of hydrogen-bond donors (Lipinski definition) is 1. The summed E-state index contributed by atoms with van der Waals surface area (Å²) in [6.45, 7) is 8.28. The third kappa shape index (κ3) is 2.33. The van der Waals surface area contributed by atoms with Gasteiger partial charge in [0.2, 0.25) is 0 Å². The first-order valence-electron chi connectivity index (χ1n) is 7.88. The number of fused-ring (bicyclic) bond motifs is 1. The Morgan fingerprint density at radius 2 is 1.89 bits per heavy atom. The molecule has 1 fully saturated rings. The van der Waals surface area contributed by atoms with Gasteiger partial charge in [0.25, 0.3) is 0 Å². The van der Waals surface area contributed by atoms with Crippen LogP contribution in [0.4, 0.5) is 11.4 Å². The average molecular weight is 258 g/mol. The smallest absolute Gasteiger partial charge is 0.0375 e. The fourth-order valence-electron chi connectivity index (χ4n) is 3.94. The van der Waals surface area contributed by atoms with Gasteiger partial charge in [0.15, 0.2) is 0 Å². The number of nitrogens with one attached hydrogen (secondary N) is 1. The van der Waals surface area contributed by atoms with Gasteiger partial charge in [-0.15, -0.1) is 0 Å². The number of anilines is 2. The molecule has 2 heteroatoms. The van der Waals surface area contributed by atoms with Gasteiger partial charge in [0.1, 0.15) is 0 Å². The van der Waals surface area contributed by atoms with Crippen molar-refractivity contribution in [2.24, 2.45) is 5.41 Å². The highest BCUT2D eigenvalue weighted by molar-refractivity contribution is 5.64. The molecule has 2 nitrogen and oxygen atoms in total. The van der Waals surface area contributed by atoms with Crippen molar-refractivity contribution in [3.05, 3.63) is 23.8 Å². The van der Waals surface area contributed by atoms with Crippen molar-refractivity contribution >= 4 is 11.4 Å². The summed E-state index contributed by atoms with van der Waals surface area (Å²) in [6, 6.07) is 6.95. The predicted octanol–water partition coefficient (Wildman–Crippen LogP) is 4.06. The van der Waals surface area contributed by atoms with Crippen LogP contribution in [-0.4, -0.2) is 19.6 Å². The van der Waals surface area contributed by atoms with E-state index in [1.165, 1.54) is 62.1 Å². The second kappa shape index (κ2) is 5.07. The zero-order valence-electron chi connectivity index (χ0n) is 12.3. The lowest BCUT2D eigenvalue weighted by molar-refractivity contribution is 0.173. The summed E-state index contributed by atoms with van der Waals surface area (Å²) in [5.74, 6) is 0. The molecule has 0 unspecified atom stereocenters. The molecular weight excluding hydrogens is 232 g/mol. The van der Waals surface area contributed by atoms with Crippen LogP contribution < -0.4 is 10.2 Å². The second-order valence-corrected chi connectivity index (χ2v) is 6.37. The molecule has 0 aliphatic carbocycles. The third-order valence-electron chi connectivity index (χ3n) is 4.78. The molecule has 0 saturated carbocycles. The summed E-state index contributed by atoms with van der Waals surface area (Å²) in [4.78, 5) is 2.57. The zero-order chi connectivity index (χ0) is 13.3. The minimum atomic E-state index is 0.612. The molecule has 1 aromatic rings. The van der Waals surface area contributed by atoms with E-state index in [1.807, 2.05) is 0 Å². The van der Waals surface area contributed by atoms with Crippen LogP contribution in [0, 0.1) is 5.41 Å². The lowest BCUT2D eigenvalue weighted by Crippen LogP contribution is -2.56. The van der Waals surface area contributed by atoms with Crippen LogP contribution in [0.5, 0.6) is 0 Å². The van der Waals surface area contributed by atoms with E-state index in [1.54, 1.807) is 0 Å². The van der Waals surface area contributed by atoms with Gasteiger partial charge >= 0.3 is 0 Å². The standard InChI is InChI=1S/C17H26N2/c1-3-8-17(9-4-2)12-19(13-17)15-5-6-16-14(11-15)7-10-18-16/h5-6,11,18H,3-4,7-10,12-13H2,1-2H3. The van der Waals surface area contributed by atoms with Crippen LogP contribution in [-0.2, 0) is 6.42 Å². The molecule has 2 aliphatic rings. The van der Waals surface area contributed by atoms with Crippen molar-refractivity contribution in [3.8, 4) is 0 Å². The van der Waals surface area contributed by atoms with E-state index < -0.39 is 0 Å². The molecule has 2 heterocycles. The maximum atomic E-state index is 3.44. The third-order valence-corrected chi connectivity index (χ3v) is 4.78. The van der Waals surface area contributed by atoms with Gasteiger partial charge in [-0.25, -0.2) is 0 Å². The monoisotopic (exact) mass is 258 g/mol. The second-order valence-electron chi connectivity index (χ2n) is 6.37. The molecular formula is C17H26N2. The van der Waals surface area contributed by atoms with Gasteiger partial charge in [-0.1, -0.05) is 26.7 Å². The van der Waals surface area contributed by atoms with E-state index >= 15 is 0 Å². The molecule has 0 atom stereocenters. The molecule has 3 rings (SSSR count). The predicted molar refractivity (Wildman–Crippen MR) is 83.1 cm³/mol. The van der Waals surface area contributed by atoms with E-state index in [-0.39, 0.29) is 0 Å². The quantitative estimate of drug-likeness (QED) is 0.856. The summed E-state index contributed by atoms with van der Waals surface area (Å²) in [5.41, 5.74) is 4.89. The normalized spacial score (nSPS) is 19.8. The Bertz CT molecular complexity index is 439. The van der Waals surface area contributed by atoms with Gasteiger partial charge in [0.05, 0.1) is 0 Å². The summed E-state index contributed by atoms with van der Waals surface area (Å²) >= 11 is 0. The number of nitrogens with zero attached hydrogens (tertiary/aromatic N) is 1. The molecule has 2 aliphatic heterocycles. The number of rotatable bonds is 5. The van der Waals surface area contributed by atoms with Gasteiger partial charge in [-0.2, -0.15) is 0 Å². The molecule has 0 bridgehead atoms. The maximum Gasteiger partial charge on any atom is 0.0375 e. The fraction of sp³-hybridized carbons (Fsp3) is 0.647. The largest absolute Gasteiger partial charge is 0.384 e. The van der Waals surface area contributed by atoms with E-state index in [9.17, 15) is 0 Å². The van der Waals surface area contributed by atoms with Crippen molar-refractivity contribution in [1.82, 2.24) is 0 Å². The van der Waals surface area contributed by atoms with Crippen LogP contribution in [0.1, 0.15) is 45.1 Å². The summed E-state index contributed by atoms with van der Waals surface area (Å²) in [6.07, 6.45) is 6.61.